The molecule has 0 radical (unpaired) electrons. The molecule has 0 spiro atoms. The first-order valence-corrected chi connectivity index (χ1v) is 6.57. The first-order chi connectivity index (χ1) is 8.83. The molecule has 0 aromatic carbocycles. The Kier molecular flexibility index (Phi) is 4.49. The molecule has 0 aliphatic carbocycles. The number of pyridine rings is 1. The van der Waals surface area contributed by atoms with Crippen molar-refractivity contribution in [1.82, 2.24) is 9.36 Å². The second kappa shape index (κ2) is 6.32. The summed E-state index contributed by atoms with van der Waals surface area (Å²) in [5.74, 6) is 0.546. The zero-order valence-corrected chi connectivity index (χ0v) is 11.0. The topological polar surface area (TPSA) is 73.1 Å². The minimum Gasteiger partial charge on any atom is -0.382 e. The summed E-state index contributed by atoms with van der Waals surface area (Å²) in [5.41, 5.74) is 7.88. The Morgan fingerprint density at radius 1 is 1.39 bits per heavy atom. The van der Waals surface area contributed by atoms with Gasteiger partial charge in [-0.15, -0.1) is 0 Å². The molecule has 0 unspecified atom stereocenters. The molecular formula is C12H16N4OS. The molecule has 6 heteroatoms. The molecule has 0 bridgehead atoms. The van der Waals surface area contributed by atoms with Crippen molar-refractivity contribution in [3.05, 3.63) is 24.5 Å². The Labute approximate surface area is 110 Å². The summed E-state index contributed by atoms with van der Waals surface area (Å²) in [6, 6.07) is 3.85. The minimum atomic E-state index is 0.546. The summed E-state index contributed by atoms with van der Waals surface area (Å²) in [6.07, 6.45) is 3.49. The summed E-state index contributed by atoms with van der Waals surface area (Å²) in [7, 11) is 0. The maximum atomic E-state index is 5.91. The van der Waals surface area contributed by atoms with Gasteiger partial charge >= 0.3 is 0 Å². The molecule has 0 atom stereocenters. The van der Waals surface area contributed by atoms with Gasteiger partial charge < -0.3 is 15.8 Å². The highest BCUT2D eigenvalue weighted by molar-refractivity contribution is 7.11. The van der Waals surface area contributed by atoms with Crippen molar-refractivity contribution in [2.45, 2.75) is 6.92 Å². The van der Waals surface area contributed by atoms with Gasteiger partial charge in [0.15, 0.2) is 0 Å². The van der Waals surface area contributed by atoms with Gasteiger partial charge in [0.1, 0.15) is 10.8 Å². The van der Waals surface area contributed by atoms with Crippen LogP contribution in [0, 0.1) is 0 Å². The SMILES string of the molecule is CCOCCNc1snc(N)c1-c1ccncc1. The number of aromatic nitrogens is 2. The zero-order chi connectivity index (χ0) is 12.8. The van der Waals surface area contributed by atoms with Crippen LogP contribution in [0.2, 0.25) is 0 Å². The predicted molar refractivity (Wildman–Crippen MR) is 74.7 cm³/mol. The van der Waals surface area contributed by atoms with Crippen molar-refractivity contribution in [2.24, 2.45) is 0 Å². The Hall–Kier alpha value is -1.66. The van der Waals surface area contributed by atoms with E-state index in [1.807, 2.05) is 19.1 Å². The standard InChI is InChI=1S/C12H16N4OS/c1-2-17-8-7-15-12-10(11(13)16-18-12)9-3-5-14-6-4-9/h3-6,15H,2,7-8H2,1H3,(H2,13,16). The zero-order valence-electron chi connectivity index (χ0n) is 10.2. The van der Waals surface area contributed by atoms with Gasteiger partial charge in [0.05, 0.1) is 12.2 Å². The maximum Gasteiger partial charge on any atom is 0.147 e. The van der Waals surface area contributed by atoms with E-state index in [0.29, 0.717) is 12.4 Å². The van der Waals surface area contributed by atoms with E-state index in [2.05, 4.69) is 14.7 Å². The Morgan fingerprint density at radius 3 is 2.89 bits per heavy atom. The molecule has 2 aromatic rings. The monoisotopic (exact) mass is 264 g/mol. The number of hydrogen-bond donors (Lipinski definition) is 2. The van der Waals surface area contributed by atoms with E-state index in [-0.39, 0.29) is 0 Å². The molecule has 0 fully saturated rings. The number of nitrogens with one attached hydrogen (secondary N) is 1. The highest BCUT2D eigenvalue weighted by Gasteiger charge is 2.12. The Balaban J connectivity index is 2.12. The molecule has 96 valence electrons. The van der Waals surface area contributed by atoms with Crippen molar-refractivity contribution in [3.8, 4) is 11.1 Å². The van der Waals surface area contributed by atoms with Crippen LogP contribution in [0.1, 0.15) is 6.92 Å². The number of nitrogen functional groups attached to an aromatic ring is 1. The molecular weight excluding hydrogens is 248 g/mol. The summed E-state index contributed by atoms with van der Waals surface area (Å²) in [5, 5.41) is 4.27. The normalized spacial score (nSPS) is 10.5. The lowest BCUT2D eigenvalue weighted by atomic mass is 10.1. The number of hydrogen-bond acceptors (Lipinski definition) is 6. The largest absolute Gasteiger partial charge is 0.382 e. The van der Waals surface area contributed by atoms with Gasteiger partial charge in [-0.3, -0.25) is 4.98 Å². The molecule has 3 N–H and O–H groups in total. The van der Waals surface area contributed by atoms with Gasteiger partial charge in [-0.1, -0.05) is 0 Å². The molecule has 0 amide bonds. The lowest BCUT2D eigenvalue weighted by Gasteiger charge is -2.07. The third kappa shape index (κ3) is 2.96. The second-order valence-electron chi connectivity index (χ2n) is 3.63. The fraction of sp³-hybridized carbons (Fsp3) is 0.333. The van der Waals surface area contributed by atoms with Crippen molar-refractivity contribution in [1.29, 1.82) is 0 Å². The summed E-state index contributed by atoms with van der Waals surface area (Å²) < 4.78 is 9.48. The summed E-state index contributed by atoms with van der Waals surface area (Å²) >= 11 is 1.37. The number of anilines is 2. The Bertz CT molecular complexity index is 486. The highest BCUT2D eigenvalue weighted by atomic mass is 32.1. The van der Waals surface area contributed by atoms with E-state index in [1.54, 1.807) is 12.4 Å². The van der Waals surface area contributed by atoms with E-state index in [0.717, 1.165) is 29.3 Å². The van der Waals surface area contributed by atoms with Gasteiger partial charge in [-0.05, 0) is 36.2 Å². The van der Waals surface area contributed by atoms with E-state index in [1.165, 1.54) is 11.5 Å². The summed E-state index contributed by atoms with van der Waals surface area (Å²) in [4.78, 5) is 4.00. The van der Waals surface area contributed by atoms with Crippen LogP contribution in [0.15, 0.2) is 24.5 Å². The molecule has 2 rings (SSSR count). The van der Waals surface area contributed by atoms with Crippen molar-refractivity contribution in [2.75, 3.05) is 30.8 Å². The van der Waals surface area contributed by atoms with Crippen LogP contribution < -0.4 is 11.1 Å². The average molecular weight is 264 g/mol. The second-order valence-corrected chi connectivity index (χ2v) is 4.40. The molecule has 0 aliphatic heterocycles. The van der Waals surface area contributed by atoms with Crippen LogP contribution in [0.5, 0.6) is 0 Å². The highest BCUT2D eigenvalue weighted by Crippen LogP contribution is 2.36. The fourth-order valence-corrected chi connectivity index (χ4v) is 2.36. The molecule has 2 heterocycles. The summed E-state index contributed by atoms with van der Waals surface area (Å²) in [6.45, 7) is 4.12. The predicted octanol–water partition coefficient (Wildman–Crippen LogP) is 2.24. The number of nitrogens with two attached hydrogens (primary N) is 1. The van der Waals surface area contributed by atoms with E-state index in [4.69, 9.17) is 10.5 Å². The van der Waals surface area contributed by atoms with Crippen LogP contribution in [0.4, 0.5) is 10.8 Å². The van der Waals surface area contributed by atoms with Crippen LogP contribution in [0.3, 0.4) is 0 Å². The van der Waals surface area contributed by atoms with Gasteiger partial charge in [0.25, 0.3) is 0 Å². The van der Waals surface area contributed by atoms with E-state index < -0.39 is 0 Å². The third-order valence-electron chi connectivity index (χ3n) is 2.42. The van der Waals surface area contributed by atoms with Gasteiger partial charge in [-0.25, -0.2) is 0 Å². The first kappa shape index (κ1) is 12.8. The number of nitrogens with zero attached hydrogens (tertiary/aromatic N) is 2. The van der Waals surface area contributed by atoms with Gasteiger partial charge in [-0.2, -0.15) is 4.37 Å². The van der Waals surface area contributed by atoms with Gasteiger partial charge in [0.2, 0.25) is 0 Å². The average Bonchev–Trinajstić information content (AvgIpc) is 2.77. The van der Waals surface area contributed by atoms with Crippen LogP contribution in [0.25, 0.3) is 11.1 Å². The molecule has 2 aromatic heterocycles. The van der Waals surface area contributed by atoms with E-state index in [9.17, 15) is 0 Å². The minimum absolute atomic E-state index is 0.546. The molecule has 18 heavy (non-hydrogen) atoms. The fourth-order valence-electron chi connectivity index (χ4n) is 1.60. The lowest BCUT2D eigenvalue weighted by molar-refractivity contribution is 0.158. The quantitative estimate of drug-likeness (QED) is 0.783. The molecule has 0 saturated carbocycles. The Morgan fingerprint density at radius 2 is 2.17 bits per heavy atom. The van der Waals surface area contributed by atoms with Crippen molar-refractivity contribution >= 4 is 22.4 Å². The smallest absolute Gasteiger partial charge is 0.147 e. The van der Waals surface area contributed by atoms with Gasteiger partial charge in [0, 0.05) is 25.5 Å². The number of ether oxygens (including phenoxy) is 1. The third-order valence-corrected chi connectivity index (χ3v) is 3.24. The molecule has 0 saturated heterocycles. The van der Waals surface area contributed by atoms with Crippen LogP contribution in [-0.4, -0.2) is 29.1 Å². The lowest BCUT2D eigenvalue weighted by Crippen LogP contribution is -2.08. The van der Waals surface area contributed by atoms with E-state index >= 15 is 0 Å². The first-order valence-electron chi connectivity index (χ1n) is 5.80. The van der Waals surface area contributed by atoms with Crippen LogP contribution in [-0.2, 0) is 4.74 Å². The number of rotatable bonds is 6. The maximum absolute atomic E-state index is 5.91. The van der Waals surface area contributed by atoms with Crippen LogP contribution >= 0.6 is 11.5 Å². The van der Waals surface area contributed by atoms with Crippen molar-refractivity contribution < 1.29 is 4.74 Å². The molecule has 5 nitrogen and oxygen atoms in total. The van der Waals surface area contributed by atoms with Crippen molar-refractivity contribution in [3.63, 3.8) is 0 Å². The molecule has 0 aliphatic rings.